The highest BCUT2D eigenvalue weighted by Gasteiger charge is 2.70. The molecule has 0 aliphatic heterocycles. The number of fused-ring (bicyclic) bond motifs is 7. The normalized spacial score (nSPS) is 47.7. The molecule has 0 bridgehead atoms. The van der Waals surface area contributed by atoms with E-state index in [1.54, 1.807) is 7.11 Å². The molecule has 0 radical (unpaired) electrons. The molecule has 4 aliphatic rings. The fourth-order valence-corrected chi connectivity index (χ4v) is 8.08. The second kappa shape index (κ2) is 5.97. The molecule has 4 aliphatic carbocycles. The lowest BCUT2D eigenvalue weighted by molar-refractivity contribution is -0.166. The first-order chi connectivity index (χ1) is 12.9. The second-order valence-electron chi connectivity index (χ2n) is 10.0. The molecule has 1 aromatic rings. The molecule has 8 atom stereocenters. The van der Waals surface area contributed by atoms with Crippen LogP contribution in [0.15, 0.2) is 18.2 Å². The van der Waals surface area contributed by atoms with Gasteiger partial charge in [0.2, 0.25) is 0 Å². The zero-order chi connectivity index (χ0) is 19.0. The summed E-state index contributed by atoms with van der Waals surface area (Å²) in [5.41, 5.74) is 2.01. The van der Waals surface area contributed by atoms with Gasteiger partial charge in [0.05, 0.1) is 18.8 Å². The molecule has 2 N–H and O–H groups in total. The van der Waals surface area contributed by atoms with E-state index in [0.29, 0.717) is 23.7 Å². The van der Waals surface area contributed by atoms with E-state index in [1.165, 1.54) is 17.5 Å². The SMILES string of the molecule is CCC1Cc2cc(OC)ccc2C2CC[C@@]3(C)C(C[C@H]4CC[C@H](O)[C@]43O)C12. The average molecular weight is 371 g/mol. The average Bonchev–Trinajstić information content (AvgIpc) is 3.10. The molecular weight excluding hydrogens is 336 g/mol. The molecule has 5 rings (SSSR count). The zero-order valence-electron chi connectivity index (χ0n) is 16.9. The molecule has 3 saturated carbocycles. The zero-order valence-corrected chi connectivity index (χ0v) is 16.9. The fraction of sp³-hybridized carbons (Fsp3) is 0.750. The second-order valence-corrected chi connectivity index (χ2v) is 10.0. The van der Waals surface area contributed by atoms with Crippen molar-refractivity contribution in [2.75, 3.05) is 7.11 Å². The van der Waals surface area contributed by atoms with Crippen LogP contribution < -0.4 is 4.74 Å². The van der Waals surface area contributed by atoms with Gasteiger partial charge in [0.15, 0.2) is 0 Å². The Morgan fingerprint density at radius 1 is 1.22 bits per heavy atom. The van der Waals surface area contributed by atoms with E-state index in [4.69, 9.17) is 4.74 Å². The van der Waals surface area contributed by atoms with Crippen LogP contribution in [-0.4, -0.2) is 29.0 Å². The Labute approximate surface area is 163 Å². The maximum atomic E-state index is 11.7. The first-order valence-electron chi connectivity index (χ1n) is 11.0. The van der Waals surface area contributed by atoms with E-state index in [1.807, 2.05) is 0 Å². The summed E-state index contributed by atoms with van der Waals surface area (Å²) in [5, 5.41) is 22.4. The highest BCUT2D eigenvalue weighted by Crippen LogP contribution is 2.70. The number of aliphatic hydroxyl groups excluding tert-OH is 1. The number of hydrogen-bond donors (Lipinski definition) is 2. The summed E-state index contributed by atoms with van der Waals surface area (Å²) < 4.78 is 5.49. The molecular formula is C24H34O3. The lowest BCUT2D eigenvalue weighted by Crippen LogP contribution is -2.57. The van der Waals surface area contributed by atoms with Gasteiger partial charge in [-0.3, -0.25) is 0 Å². The van der Waals surface area contributed by atoms with E-state index in [2.05, 4.69) is 32.0 Å². The van der Waals surface area contributed by atoms with E-state index in [-0.39, 0.29) is 11.3 Å². The van der Waals surface area contributed by atoms with Crippen molar-refractivity contribution in [2.45, 2.75) is 76.4 Å². The Balaban J connectivity index is 1.57. The molecule has 148 valence electrons. The van der Waals surface area contributed by atoms with Gasteiger partial charge in [-0.15, -0.1) is 0 Å². The van der Waals surface area contributed by atoms with Crippen molar-refractivity contribution in [1.29, 1.82) is 0 Å². The van der Waals surface area contributed by atoms with Crippen LogP contribution in [0.2, 0.25) is 0 Å². The summed E-state index contributed by atoms with van der Waals surface area (Å²) in [6.07, 6.45) is 6.82. The van der Waals surface area contributed by atoms with Gasteiger partial charge < -0.3 is 14.9 Å². The lowest BCUT2D eigenvalue weighted by Gasteiger charge is -2.56. The molecule has 3 heteroatoms. The standard InChI is InChI=1S/C24H34O3/c1-4-14-11-15-12-17(27-3)6-7-18(15)19-9-10-23(2)20(22(14)19)13-16-5-8-21(25)24(16,23)26/h6-7,12,14,16,19-22,25-26H,4-5,8-11,13H2,1-3H3/t14?,16-,19?,20?,21+,22?,23+,24-/m1/s1. The van der Waals surface area contributed by atoms with Crippen molar-refractivity contribution in [3.05, 3.63) is 29.3 Å². The van der Waals surface area contributed by atoms with E-state index in [9.17, 15) is 10.2 Å². The number of benzene rings is 1. The van der Waals surface area contributed by atoms with Crippen LogP contribution in [0.3, 0.4) is 0 Å². The topological polar surface area (TPSA) is 49.7 Å². The summed E-state index contributed by atoms with van der Waals surface area (Å²) in [4.78, 5) is 0. The molecule has 0 saturated heterocycles. The van der Waals surface area contributed by atoms with Crippen molar-refractivity contribution in [3.8, 4) is 5.75 Å². The quantitative estimate of drug-likeness (QED) is 0.816. The summed E-state index contributed by atoms with van der Waals surface area (Å²) in [6.45, 7) is 4.64. The van der Waals surface area contributed by atoms with E-state index in [0.717, 1.165) is 44.3 Å². The first-order valence-corrected chi connectivity index (χ1v) is 11.0. The molecule has 1 aromatic carbocycles. The maximum absolute atomic E-state index is 11.7. The summed E-state index contributed by atoms with van der Waals surface area (Å²) in [5.74, 6) is 3.69. The maximum Gasteiger partial charge on any atom is 0.119 e. The third kappa shape index (κ3) is 2.16. The van der Waals surface area contributed by atoms with Crippen LogP contribution in [-0.2, 0) is 6.42 Å². The third-order valence-electron chi connectivity index (χ3n) is 9.40. The van der Waals surface area contributed by atoms with Crippen molar-refractivity contribution in [1.82, 2.24) is 0 Å². The summed E-state index contributed by atoms with van der Waals surface area (Å²) >= 11 is 0. The Morgan fingerprint density at radius 3 is 2.78 bits per heavy atom. The van der Waals surface area contributed by atoms with Gasteiger partial charge in [0.1, 0.15) is 5.75 Å². The fourth-order valence-electron chi connectivity index (χ4n) is 8.08. The molecule has 4 unspecified atom stereocenters. The molecule has 0 amide bonds. The number of ether oxygens (including phenoxy) is 1. The summed E-state index contributed by atoms with van der Waals surface area (Å²) in [7, 11) is 1.75. The van der Waals surface area contributed by atoms with Gasteiger partial charge in [0.25, 0.3) is 0 Å². The van der Waals surface area contributed by atoms with Crippen LogP contribution in [0.4, 0.5) is 0 Å². The Bertz CT molecular complexity index is 745. The minimum atomic E-state index is -0.860. The molecule has 27 heavy (non-hydrogen) atoms. The lowest BCUT2D eigenvalue weighted by atomic mass is 9.50. The Hall–Kier alpha value is -1.06. The van der Waals surface area contributed by atoms with Crippen LogP contribution >= 0.6 is 0 Å². The molecule has 3 nitrogen and oxygen atoms in total. The minimum Gasteiger partial charge on any atom is -0.497 e. The van der Waals surface area contributed by atoms with Crippen molar-refractivity contribution in [2.24, 2.45) is 29.1 Å². The number of hydrogen-bond acceptors (Lipinski definition) is 3. The highest BCUT2D eigenvalue weighted by molar-refractivity contribution is 5.41. The van der Waals surface area contributed by atoms with Gasteiger partial charge in [-0.2, -0.15) is 0 Å². The van der Waals surface area contributed by atoms with Crippen LogP contribution in [0.1, 0.15) is 69.4 Å². The number of methoxy groups -OCH3 is 1. The molecule has 0 spiro atoms. The largest absolute Gasteiger partial charge is 0.497 e. The molecule has 0 heterocycles. The predicted octanol–water partition coefficient (Wildman–Crippen LogP) is 4.30. The summed E-state index contributed by atoms with van der Waals surface area (Å²) in [6, 6.07) is 6.68. The first kappa shape index (κ1) is 18.0. The van der Waals surface area contributed by atoms with Crippen LogP contribution in [0, 0.1) is 29.1 Å². The van der Waals surface area contributed by atoms with Gasteiger partial charge in [-0.1, -0.05) is 26.3 Å². The van der Waals surface area contributed by atoms with Crippen molar-refractivity contribution in [3.63, 3.8) is 0 Å². The minimum absolute atomic E-state index is 0.133. The van der Waals surface area contributed by atoms with E-state index >= 15 is 0 Å². The van der Waals surface area contributed by atoms with Gasteiger partial charge >= 0.3 is 0 Å². The number of rotatable bonds is 2. The van der Waals surface area contributed by atoms with Crippen molar-refractivity contribution < 1.29 is 14.9 Å². The number of aliphatic hydroxyl groups is 2. The third-order valence-corrected chi connectivity index (χ3v) is 9.40. The van der Waals surface area contributed by atoms with Gasteiger partial charge in [-0.05, 0) is 91.4 Å². The molecule has 0 aromatic heterocycles. The highest BCUT2D eigenvalue weighted by atomic mass is 16.5. The monoisotopic (exact) mass is 370 g/mol. The van der Waals surface area contributed by atoms with Crippen LogP contribution in [0.5, 0.6) is 5.75 Å². The molecule has 3 fully saturated rings. The van der Waals surface area contributed by atoms with Crippen molar-refractivity contribution >= 4 is 0 Å². The Kier molecular flexibility index (Phi) is 3.98. The predicted molar refractivity (Wildman–Crippen MR) is 106 cm³/mol. The van der Waals surface area contributed by atoms with Gasteiger partial charge in [0, 0.05) is 5.41 Å². The van der Waals surface area contributed by atoms with E-state index < -0.39 is 11.7 Å². The smallest absolute Gasteiger partial charge is 0.119 e. The van der Waals surface area contributed by atoms with Crippen LogP contribution in [0.25, 0.3) is 0 Å². The Morgan fingerprint density at radius 2 is 2.04 bits per heavy atom. The van der Waals surface area contributed by atoms with Gasteiger partial charge in [-0.25, -0.2) is 0 Å².